The van der Waals surface area contributed by atoms with E-state index in [0.29, 0.717) is 6.04 Å². The predicted molar refractivity (Wildman–Crippen MR) is 94.3 cm³/mol. The summed E-state index contributed by atoms with van der Waals surface area (Å²) in [4.78, 5) is 2.40. The molecule has 1 aliphatic rings. The molecule has 1 fully saturated rings. The second kappa shape index (κ2) is 6.69. The van der Waals surface area contributed by atoms with E-state index in [4.69, 9.17) is 4.74 Å². The third-order valence-corrected chi connectivity index (χ3v) is 4.80. The minimum Gasteiger partial charge on any atom is -0.497 e. The molecule has 1 aromatic heterocycles. The van der Waals surface area contributed by atoms with Gasteiger partial charge in [-0.25, -0.2) is 9.07 Å². The third kappa shape index (κ3) is 3.15. The van der Waals surface area contributed by atoms with Crippen LogP contribution in [0.15, 0.2) is 60.9 Å². The number of benzene rings is 2. The van der Waals surface area contributed by atoms with Crippen LogP contribution in [0.4, 0.5) is 4.39 Å². The van der Waals surface area contributed by atoms with Gasteiger partial charge in [0.25, 0.3) is 0 Å². The molecule has 0 N–H and O–H groups in total. The highest BCUT2D eigenvalue weighted by Crippen LogP contribution is 2.36. The summed E-state index contributed by atoms with van der Waals surface area (Å²) in [5.41, 5.74) is 3.38. The summed E-state index contributed by atoms with van der Waals surface area (Å²) < 4.78 is 20.4. The van der Waals surface area contributed by atoms with Crippen LogP contribution in [0, 0.1) is 5.82 Å². The van der Waals surface area contributed by atoms with Gasteiger partial charge in [0.2, 0.25) is 0 Å². The Hall–Kier alpha value is -2.66. The maximum Gasteiger partial charge on any atom is 0.123 e. The molecule has 4 nitrogen and oxygen atoms in total. The average molecular weight is 337 g/mol. The highest BCUT2D eigenvalue weighted by atomic mass is 19.1. The number of methoxy groups -OCH3 is 1. The standard InChI is InChI=1S/C20H20FN3O/c1-25-18-7-8-20(24-11-2-10-22-24)16(13-18)14-23-12-9-19(23)15-3-5-17(21)6-4-15/h2-8,10-11,13,19H,9,12,14H2,1H3. The van der Waals surface area contributed by atoms with E-state index in [9.17, 15) is 4.39 Å². The Morgan fingerprint density at radius 2 is 2.04 bits per heavy atom. The number of ether oxygens (including phenoxy) is 1. The molecule has 1 atom stereocenters. The highest BCUT2D eigenvalue weighted by Gasteiger charge is 2.30. The Kier molecular flexibility index (Phi) is 4.24. The lowest BCUT2D eigenvalue weighted by Gasteiger charge is -2.41. The van der Waals surface area contributed by atoms with Crippen molar-refractivity contribution in [3.05, 3.63) is 77.9 Å². The molecule has 4 rings (SSSR count). The molecule has 2 heterocycles. The SMILES string of the molecule is COc1ccc(-n2cccn2)c(CN2CCC2c2ccc(F)cc2)c1. The molecular formula is C20H20FN3O. The van der Waals surface area contributed by atoms with E-state index < -0.39 is 0 Å². The molecular weight excluding hydrogens is 317 g/mol. The Morgan fingerprint density at radius 1 is 1.20 bits per heavy atom. The van der Waals surface area contributed by atoms with Crippen molar-refractivity contribution in [2.45, 2.75) is 19.0 Å². The molecule has 0 saturated carbocycles. The number of nitrogens with zero attached hydrogens (tertiary/aromatic N) is 3. The maximum absolute atomic E-state index is 13.2. The van der Waals surface area contributed by atoms with Crippen molar-refractivity contribution in [3.8, 4) is 11.4 Å². The lowest BCUT2D eigenvalue weighted by atomic mass is 9.93. The van der Waals surface area contributed by atoms with Gasteiger partial charge in [0.15, 0.2) is 0 Å². The van der Waals surface area contributed by atoms with E-state index in [-0.39, 0.29) is 5.82 Å². The second-order valence-electron chi connectivity index (χ2n) is 6.27. The first-order chi connectivity index (χ1) is 12.2. The normalized spacial score (nSPS) is 17.3. The van der Waals surface area contributed by atoms with Gasteiger partial charge in [-0.1, -0.05) is 12.1 Å². The van der Waals surface area contributed by atoms with E-state index in [2.05, 4.69) is 16.1 Å². The Morgan fingerprint density at radius 3 is 2.68 bits per heavy atom. The van der Waals surface area contributed by atoms with Gasteiger partial charge in [0.05, 0.1) is 12.8 Å². The Labute approximate surface area is 146 Å². The van der Waals surface area contributed by atoms with Crippen molar-refractivity contribution >= 4 is 0 Å². The fourth-order valence-corrected chi connectivity index (χ4v) is 3.36. The van der Waals surface area contributed by atoms with Gasteiger partial charge in [-0.3, -0.25) is 4.90 Å². The van der Waals surface area contributed by atoms with Crippen LogP contribution in [0.25, 0.3) is 5.69 Å². The van der Waals surface area contributed by atoms with Gasteiger partial charge in [-0.15, -0.1) is 0 Å². The topological polar surface area (TPSA) is 30.3 Å². The lowest BCUT2D eigenvalue weighted by Crippen LogP contribution is -2.40. The summed E-state index contributed by atoms with van der Waals surface area (Å²) in [5, 5.41) is 4.36. The second-order valence-corrected chi connectivity index (χ2v) is 6.27. The fourth-order valence-electron chi connectivity index (χ4n) is 3.36. The monoisotopic (exact) mass is 337 g/mol. The van der Waals surface area contributed by atoms with Gasteiger partial charge in [-0.05, 0) is 53.9 Å². The van der Waals surface area contributed by atoms with Crippen molar-refractivity contribution in [3.63, 3.8) is 0 Å². The molecule has 0 amide bonds. The molecule has 0 spiro atoms. The highest BCUT2D eigenvalue weighted by molar-refractivity contribution is 5.45. The molecule has 25 heavy (non-hydrogen) atoms. The summed E-state index contributed by atoms with van der Waals surface area (Å²) >= 11 is 0. The fraction of sp³-hybridized carbons (Fsp3) is 0.250. The van der Waals surface area contributed by atoms with Crippen LogP contribution in [0.3, 0.4) is 0 Å². The van der Waals surface area contributed by atoms with Gasteiger partial charge in [0, 0.05) is 31.5 Å². The number of likely N-dealkylation sites (tertiary alicyclic amines) is 1. The number of aromatic nitrogens is 2. The molecule has 3 aromatic rings. The lowest BCUT2D eigenvalue weighted by molar-refractivity contribution is 0.0817. The summed E-state index contributed by atoms with van der Waals surface area (Å²) in [6, 6.07) is 15.1. The number of rotatable bonds is 5. The molecule has 0 aliphatic carbocycles. The summed E-state index contributed by atoms with van der Waals surface area (Å²) in [6.45, 7) is 1.83. The van der Waals surface area contributed by atoms with Crippen LogP contribution in [0.5, 0.6) is 5.75 Å². The van der Waals surface area contributed by atoms with Crippen LogP contribution in [-0.2, 0) is 6.54 Å². The van der Waals surface area contributed by atoms with Gasteiger partial charge in [0.1, 0.15) is 11.6 Å². The molecule has 1 saturated heterocycles. The maximum atomic E-state index is 13.2. The molecule has 1 unspecified atom stereocenters. The molecule has 0 bridgehead atoms. The first-order valence-electron chi connectivity index (χ1n) is 8.41. The molecule has 2 aromatic carbocycles. The van der Waals surface area contributed by atoms with E-state index in [1.807, 2.05) is 41.2 Å². The van der Waals surface area contributed by atoms with E-state index >= 15 is 0 Å². The smallest absolute Gasteiger partial charge is 0.123 e. The quantitative estimate of drug-likeness (QED) is 0.706. The van der Waals surface area contributed by atoms with Crippen molar-refractivity contribution in [1.82, 2.24) is 14.7 Å². The van der Waals surface area contributed by atoms with E-state index in [1.165, 1.54) is 12.1 Å². The average Bonchev–Trinajstić information content (AvgIpc) is 3.15. The van der Waals surface area contributed by atoms with Crippen molar-refractivity contribution < 1.29 is 9.13 Å². The summed E-state index contributed by atoms with van der Waals surface area (Å²) in [7, 11) is 1.68. The largest absolute Gasteiger partial charge is 0.497 e. The summed E-state index contributed by atoms with van der Waals surface area (Å²) in [6.07, 6.45) is 4.81. The molecule has 1 aliphatic heterocycles. The van der Waals surface area contributed by atoms with Crippen molar-refractivity contribution in [1.29, 1.82) is 0 Å². The van der Waals surface area contributed by atoms with Gasteiger partial charge in [-0.2, -0.15) is 5.10 Å². The zero-order valence-electron chi connectivity index (χ0n) is 14.1. The predicted octanol–water partition coefficient (Wildman–Crippen LogP) is 3.97. The Bertz CT molecular complexity index is 846. The van der Waals surface area contributed by atoms with Crippen LogP contribution in [-0.4, -0.2) is 28.3 Å². The van der Waals surface area contributed by atoms with Crippen molar-refractivity contribution in [2.75, 3.05) is 13.7 Å². The first-order valence-corrected chi connectivity index (χ1v) is 8.41. The molecule has 0 radical (unpaired) electrons. The van der Waals surface area contributed by atoms with Crippen LogP contribution >= 0.6 is 0 Å². The minimum atomic E-state index is -0.191. The number of hydrogen-bond donors (Lipinski definition) is 0. The summed E-state index contributed by atoms with van der Waals surface area (Å²) in [5.74, 6) is 0.646. The zero-order chi connectivity index (χ0) is 17.2. The van der Waals surface area contributed by atoms with Crippen molar-refractivity contribution in [2.24, 2.45) is 0 Å². The minimum absolute atomic E-state index is 0.191. The first kappa shape index (κ1) is 15.8. The molecule has 5 heteroatoms. The number of hydrogen-bond acceptors (Lipinski definition) is 3. The van der Waals surface area contributed by atoms with Crippen LogP contribution in [0.2, 0.25) is 0 Å². The van der Waals surface area contributed by atoms with Crippen LogP contribution in [0.1, 0.15) is 23.6 Å². The van der Waals surface area contributed by atoms with Gasteiger partial charge < -0.3 is 4.74 Å². The van der Waals surface area contributed by atoms with E-state index in [0.717, 1.165) is 42.1 Å². The Balaban J connectivity index is 1.60. The molecule has 128 valence electrons. The third-order valence-electron chi connectivity index (χ3n) is 4.80. The number of halogens is 1. The van der Waals surface area contributed by atoms with Crippen LogP contribution < -0.4 is 4.74 Å². The zero-order valence-corrected chi connectivity index (χ0v) is 14.1. The van der Waals surface area contributed by atoms with E-state index in [1.54, 1.807) is 13.3 Å². The van der Waals surface area contributed by atoms with Gasteiger partial charge >= 0.3 is 0 Å².